The third-order valence-corrected chi connectivity index (χ3v) is 4.14. The number of nitrogens with one attached hydrogen (secondary N) is 1. The zero-order valence-electron chi connectivity index (χ0n) is 13.3. The average Bonchev–Trinajstić information content (AvgIpc) is 2.45. The first-order valence-electron chi connectivity index (χ1n) is 7.66. The lowest BCUT2D eigenvalue weighted by atomic mass is 10.0. The predicted octanol–water partition coefficient (Wildman–Crippen LogP) is 2.11. The van der Waals surface area contributed by atoms with E-state index in [0.717, 1.165) is 12.4 Å². The van der Waals surface area contributed by atoms with Crippen molar-refractivity contribution < 1.29 is 0 Å². The molecule has 1 saturated heterocycles. The van der Waals surface area contributed by atoms with Crippen molar-refractivity contribution in [1.29, 1.82) is 0 Å². The van der Waals surface area contributed by atoms with Gasteiger partial charge in [0, 0.05) is 37.4 Å². The molecule has 0 radical (unpaired) electrons. The zero-order chi connectivity index (χ0) is 14.5. The lowest BCUT2D eigenvalue weighted by Crippen LogP contribution is -2.42. The van der Waals surface area contributed by atoms with Gasteiger partial charge >= 0.3 is 0 Å². The fraction of sp³-hybridized carbons (Fsp3) is 0.688. The van der Waals surface area contributed by atoms with E-state index in [-0.39, 0.29) is 0 Å². The summed E-state index contributed by atoms with van der Waals surface area (Å²) in [5, 5.41) is 3.49. The van der Waals surface area contributed by atoms with Gasteiger partial charge in [-0.3, -0.25) is 0 Å². The van der Waals surface area contributed by atoms with Crippen LogP contribution in [0.25, 0.3) is 0 Å². The van der Waals surface area contributed by atoms with E-state index in [1.54, 1.807) is 0 Å². The first-order valence-corrected chi connectivity index (χ1v) is 7.66. The number of aromatic nitrogens is 1. The van der Waals surface area contributed by atoms with E-state index in [1.165, 1.54) is 31.5 Å². The molecule has 0 saturated carbocycles. The number of pyridine rings is 1. The Morgan fingerprint density at radius 1 is 1.40 bits per heavy atom. The van der Waals surface area contributed by atoms with Crippen molar-refractivity contribution >= 4 is 5.82 Å². The van der Waals surface area contributed by atoms with Crippen molar-refractivity contribution in [2.24, 2.45) is 0 Å². The van der Waals surface area contributed by atoms with Crippen LogP contribution in [-0.4, -0.2) is 49.2 Å². The predicted molar refractivity (Wildman–Crippen MR) is 85.1 cm³/mol. The Bertz CT molecular complexity index is 411. The Labute approximate surface area is 123 Å². The Balaban J connectivity index is 2.06. The summed E-state index contributed by atoms with van der Waals surface area (Å²) in [5.74, 6) is 1.13. The first-order chi connectivity index (χ1) is 9.58. The number of nitrogens with zero attached hydrogens (tertiary/aromatic N) is 3. The highest BCUT2D eigenvalue weighted by Gasteiger charge is 2.22. The minimum atomic E-state index is 0.497. The molecule has 4 heteroatoms. The standard InChI is InChI=1S/C16H28N4/c1-13(2)18-12-14-6-5-9-17-16(14)20(4)15-7-10-19(3)11-8-15/h5-6,9,13,15,18H,7-8,10-12H2,1-4H3. The summed E-state index contributed by atoms with van der Waals surface area (Å²) in [6, 6.07) is 5.32. The molecule has 1 aromatic rings. The van der Waals surface area contributed by atoms with Crippen molar-refractivity contribution in [2.75, 3.05) is 32.1 Å². The molecule has 1 aliphatic rings. The number of hydrogen-bond acceptors (Lipinski definition) is 4. The van der Waals surface area contributed by atoms with Crippen molar-refractivity contribution in [3.05, 3.63) is 23.9 Å². The van der Waals surface area contributed by atoms with Crippen molar-refractivity contribution in [3.63, 3.8) is 0 Å². The molecule has 0 aromatic carbocycles. The number of piperidine rings is 1. The zero-order valence-corrected chi connectivity index (χ0v) is 13.3. The number of anilines is 1. The molecule has 0 aliphatic carbocycles. The lowest BCUT2D eigenvalue weighted by Gasteiger charge is -2.36. The van der Waals surface area contributed by atoms with Crippen LogP contribution in [0, 0.1) is 0 Å². The third-order valence-electron chi connectivity index (χ3n) is 4.14. The molecule has 20 heavy (non-hydrogen) atoms. The van der Waals surface area contributed by atoms with Crippen molar-refractivity contribution in [2.45, 2.75) is 45.3 Å². The molecular formula is C16H28N4. The average molecular weight is 276 g/mol. The normalized spacial score (nSPS) is 17.6. The molecule has 2 rings (SSSR count). The second kappa shape index (κ2) is 7.04. The van der Waals surface area contributed by atoms with Gasteiger partial charge in [-0.15, -0.1) is 0 Å². The topological polar surface area (TPSA) is 31.4 Å². The largest absolute Gasteiger partial charge is 0.356 e. The highest BCUT2D eigenvalue weighted by Crippen LogP contribution is 2.23. The van der Waals surface area contributed by atoms with Crippen LogP contribution in [0.3, 0.4) is 0 Å². The Kier molecular flexibility index (Phi) is 5.38. The van der Waals surface area contributed by atoms with Gasteiger partial charge in [-0.05, 0) is 39.0 Å². The first kappa shape index (κ1) is 15.3. The van der Waals surface area contributed by atoms with E-state index in [1.807, 2.05) is 12.3 Å². The maximum absolute atomic E-state index is 4.62. The smallest absolute Gasteiger partial charge is 0.133 e. The second-order valence-corrected chi connectivity index (χ2v) is 6.17. The molecule has 1 aromatic heterocycles. The van der Waals surface area contributed by atoms with E-state index < -0.39 is 0 Å². The summed E-state index contributed by atoms with van der Waals surface area (Å²) in [5.41, 5.74) is 1.29. The molecule has 2 heterocycles. The summed E-state index contributed by atoms with van der Waals surface area (Å²) in [7, 11) is 4.40. The van der Waals surface area contributed by atoms with Crippen LogP contribution in [0.5, 0.6) is 0 Å². The Hall–Kier alpha value is -1.13. The summed E-state index contributed by atoms with van der Waals surface area (Å²) < 4.78 is 0. The van der Waals surface area contributed by atoms with Gasteiger partial charge in [0.05, 0.1) is 0 Å². The molecule has 0 amide bonds. The van der Waals surface area contributed by atoms with Gasteiger partial charge in [-0.2, -0.15) is 0 Å². The molecule has 0 spiro atoms. The fourth-order valence-corrected chi connectivity index (χ4v) is 2.76. The van der Waals surface area contributed by atoms with Crippen LogP contribution >= 0.6 is 0 Å². The SMILES string of the molecule is CC(C)NCc1cccnc1N(C)C1CCN(C)CC1. The Morgan fingerprint density at radius 3 is 2.75 bits per heavy atom. The van der Waals surface area contributed by atoms with Crippen LogP contribution < -0.4 is 10.2 Å². The van der Waals surface area contributed by atoms with Crippen LogP contribution in [0.15, 0.2) is 18.3 Å². The second-order valence-electron chi connectivity index (χ2n) is 6.17. The van der Waals surface area contributed by atoms with Crippen molar-refractivity contribution in [1.82, 2.24) is 15.2 Å². The van der Waals surface area contributed by atoms with Gasteiger partial charge in [-0.25, -0.2) is 4.98 Å². The van der Waals surface area contributed by atoms with Gasteiger partial charge in [0.15, 0.2) is 0 Å². The molecule has 0 unspecified atom stereocenters. The summed E-state index contributed by atoms with van der Waals surface area (Å²) in [6.07, 6.45) is 4.35. The number of likely N-dealkylation sites (tertiary alicyclic amines) is 1. The molecule has 0 atom stereocenters. The quantitative estimate of drug-likeness (QED) is 0.892. The fourth-order valence-electron chi connectivity index (χ4n) is 2.76. The van der Waals surface area contributed by atoms with Crippen LogP contribution in [-0.2, 0) is 6.54 Å². The highest BCUT2D eigenvalue weighted by molar-refractivity contribution is 5.47. The van der Waals surface area contributed by atoms with E-state index >= 15 is 0 Å². The monoisotopic (exact) mass is 276 g/mol. The number of rotatable bonds is 5. The lowest BCUT2D eigenvalue weighted by molar-refractivity contribution is 0.252. The highest BCUT2D eigenvalue weighted by atomic mass is 15.2. The maximum Gasteiger partial charge on any atom is 0.133 e. The van der Waals surface area contributed by atoms with Gasteiger partial charge in [0.25, 0.3) is 0 Å². The molecule has 0 bridgehead atoms. The Morgan fingerprint density at radius 2 is 2.10 bits per heavy atom. The summed E-state index contributed by atoms with van der Waals surface area (Å²) >= 11 is 0. The van der Waals surface area contributed by atoms with E-state index in [2.05, 4.69) is 54.1 Å². The minimum Gasteiger partial charge on any atom is -0.356 e. The molecule has 1 aliphatic heterocycles. The molecule has 112 valence electrons. The third kappa shape index (κ3) is 3.93. The summed E-state index contributed by atoms with van der Waals surface area (Å²) in [6.45, 7) is 7.61. The summed E-state index contributed by atoms with van der Waals surface area (Å²) in [4.78, 5) is 9.41. The van der Waals surface area contributed by atoms with Crippen molar-refractivity contribution in [3.8, 4) is 0 Å². The maximum atomic E-state index is 4.62. The van der Waals surface area contributed by atoms with Gasteiger partial charge in [0.2, 0.25) is 0 Å². The van der Waals surface area contributed by atoms with E-state index in [4.69, 9.17) is 0 Å². The molecule has 1 fully saturated rings. The van der Waals surface area contributed by atoms with Gasteiger partial charge < -0.3 is 15.1 Å². The van der Waals surface area contributed by atoms with E-state index in [0.29, 0.717) is 12.1 Å². The van der Waals surface area contributed by atoms with Gasteiger partial charge in [-0.1, -0.05) is 19.9 Å². The van der Waals surface area contributed by atoms with Crippen LogP contribution in [0.4, 0.5) is 5.82 Å². The molecule has 4 nitrogen and oxygen atoms in total. The van der Waals surface area contributed by atoms with Crippen LogP contribution in [0.1, 0.15) is 32.3 Å². The van der Waals surface area contributed by atoms with Gasteiger partial charge in [0.1, 0.15) is 5.82 Å². The molecular weight excluding hydrogens is 248 g/mol. The number of hydrogen-bond donors (Lipinski definition) is 1. The minimum absolute atomic E-state index is 0.497. The van der Waals surface area contributed by atoms with Crippen LogP contribution in [0.2, 0.25) is 0 Å². The van der Waals surface area contributed by atoms with E-state index in [9.17, 15) is 0 Å². The molecule has 1 N–H and O–H groups in total.